The van der Waals surface area contributed by atoms with Gasteiger partial charge in [0, 0.05) is 0 Å². The SMILES string of the molecule is [C]1=C\C/C=C\CCC\C=C/1. The third-order valence-corrected chi connectivity index (χ3v) is 1.49. The fraction of sp³-hybridized carbons (Fsp3) is 0.400. The van der Waals surface area contributed by atoms with E-state index in [9.17, 15) is 0 Å². The Balaban J connectivity index is 2.38. The van der Waals surface area contributed by atoms with Crippen molar-refractivity contribution < 1.29 is 0 Å². The van der Waals surface area contributed by atoms with Gasteiger partial charge in [-0.25, -0.2) is 0 Å². The molecule has 0 bridgehead atoms. The van der Waals surface area contributed by atoms with Gasteiger partial charge in [-0.2, -0.15) is 0 Å². The van der Waals surface area contributed by atoms with Crippen LogP contribution in [0.5, 0.6) is 0 Å². The van der Waals surface area contributed by atoms with Crippen LogP contribution in [0.4, 0.5) is 0 Å². The smallest absolute Gasteiger partial charge is 0.0160 e. The van der Waals surface area contributed by atoms with Crippen LogP contribution in [0.15, 0.2) is 30.4 Å². The summed E-state index contributed by atoms with van der Waals surface area (Å²) in [4.78, 5) is 0. The normalized spacial score (nSPS) is 28.8. The van der Waals surface area contributed by atoms with Crippen LogP contribution in [0.3, 0.4) is 0 Å². The van der Waals surface area contributed by atoms with Crippen molar-refractivity contribution in [3.8, 4) is 0 Å². The largest absolute Gasteiger partial charge is 0.0882 e. The average molecular weight is 133 g/mol. The quantitative estimate of drug-likeness (QED) is 0.445. The second-order valence-corrected chi connectivity index (χ2v) is 2.41. The third-order valence-electron chi connectivity index (χ3n) is 1.49. The fourth-order valence-corrected chi connectivity index (χ4v) is 0.923. The van der Waals surface area contributed by atoms with Crippen LogP contribution < -0.4 is 0 Å². The predicted octanol–water partition coefficient (Wildman–Crippen LogP) is 3.03. The fourth-order valence-electron chi connectivity index (χ4n) is 0.923. The van der Waals surface area contributed by atoms with Gasteiger partial charge in [0.1, 0.15) is 0 Å². The molecule has 0 heteroatoms. The molecule has 10 heavy (non-hydrogen) atoms. The first-order valence-corrected chi connectivity index (χ1v) is 3.88. The van der Waals surface area contributed by atoms with Crippen molar-refractivity contribution in [3.63, 3.8) is 0 Å². The maximum atomic E-state index is 3.10. The molecule has 0 unspecified atom stereocenters. The van der Waals surface area contributed by atoms with Crippen LogP contribution in [0.1, 0.15) is 25.7 Å². The summed E-state index contributed by atoms with van der Waals surface area (Å²) in [6.45, 7) is 0. The topological polar surface area (TPSA) is 0 Å². The van der Waals surface area contributed by atoms with Gasteiger partial charge < -0.3 is 0 Å². The van der Waals surface area contributed by atoms with Gasteiger partial charge in [-0.15, -0.1) is 0 Å². The maximum absolute atomic E-state index is 3.10. The lowest BCUT2D eigenvalue weighted by Crippen LogP contribution is -1.71. The first-order valence-electron chi connectivity index (χ1n) is 3.88. The number of hydrogen-bond donors (Lipinski definition) is 0. The van der Waals surface area contributed by atoms with E-state index in [1.54, 1.807) is 0 Å². The van der Waals surface area contributed by atoms with Gasteiger partial charge in [0.25, 0.3) is 0 Å². The van der Waals surface area contributed by atoms with Crippen molar-refractivity contribution >= 4 is 0 Å². The standard InChI is InChI=1S/C10H13/c1-2-4-6-8-10-9-7-5-3-1/h1-2,5,9-10H,3-4,6,8H2/b2-1-,7-5?,10-9-. The third kappa shape index (κ3) is 3.29. The Hall–Kier alpha value is -0.780. The zero-order valence-corrected chi connectivity index (χ0v) is 6.22. The highest BCUT2D eigenvalue weighted by Gasteiger charge is 1.81. The Kier molecular flexibility index (Phi) is 3.69. The summed E-state index contributed by atoms with van der Waals surface area (Å²) in [5.41, 5.74) is 0. The molecule has 53 valence electrons. The first kappa shape index (κ1) is 7.33. The van der Waals surface area contributed by atoms with Gasteiger partial charge in [0.05, 0.1) is 0 Å². The molecule has 0 amide bonds. The molecule has 1 radical (unpaired) electrons. The summed E-state index contributed by atoms with van der Waals surface area (Å²) in [5.74, 6) is 0. The minimum Gasteiger partial charge on any atom is -0.0882 e. The molecule has 1 aliphatic rings. The van der Waals surface area contributed by atoms with E-state index in [4.69, 9.17) is 0 Å². The van der Waals surface area contributed by atoms with E-state index in [2.05, 4.69) is 30.4 Å². The molecular weight excluding hydrogens is 120 g/mol. The highest BCUT2D eigenvalue weighted by Crippen LogP contribution is 2.00. The molecule has 0 saturated heterocycles. The van der Waals surface area contributed by atoms with Crippen LogP contribution >= 0.6 is 0 Å². The Morgan fingerprint density at radius 2 is 1.90 bits per heavy atom. The minimum absolute atomic E-state index is 1.03. The van der Waals surface area contributed by atoms with Gasteiger partial charge in [-0.1, -0.05) is 30.4 Å². The lowest BCUT2D eigenvalue weighted by atomic mass is 10.2. The van der Waals surface area contributed by atoms with Crippen molar-refractivity contribution in [1.82, 2.24) is 0 Å². The lowest BCUT2D eigenvalue weighted by molar-refractivity contribution is 0.864. The van der Waals surface area contributed by atoms with Crippen molar-refractivity contribution in [1.29, 1.82) is 0 Å². The molecule has 0 N–H and O–H groups in total. The van der Waals surface area contributed by atoms with E-state index >= 15 is 0 Å². The van der Waals surface area contributed by atoms with Gasteiger partial charge in [0.15, 0.2) is 0 Å². The molecule has 0 saturated carbocycles. The summed E-state index contributed by atoms with van der Waals surface area (Å²) in [6.07, 6.45) is 18.5. The summed E-state index contributed by atoms with van der Waals surface area (Å²) in [6, 6.07) is 0. The molecule has 0 aliphatic heterocycles. The zero-order valence-electron chi connectivity index (χ0n) is 6.22. The number of allylic oxidation sites excluding steroid dienone is 6. The number of rotatable bonds is 0. The zero-order chi connectivity index (χ0) is 7.07. The van der Waals surface area contributed by atoms with E-state index in [1.807, 2.05) is 6.08 Å². The van der Waals surface area contributed by atoms with Crippen LogP contribution in [0.25, 0.3) is 0 Å². The Bertz CT molecular complexity index is 149. The predicted molar refractivity (Wildman–Crippen MR) is 44.6 cm³/mol. The molecule has 0 aromatic carbocycles. The summed E-state index contributed by atoms with van der Waals surface area (Å²) >= 11 is 0. The van der Waals surface area contributed by atoms with Crippen molar-refractivity contribution in [2.24, 2.45) is 0 Å². The van der Waals surface area contributed by atoms with Crippen LogP contribution in [-0.4, -0.2) is 0 Å². The minimum atomic E-state index is 1.03. The maximum Gasteiger partial charge on any atom is -0.0160 e. The van der Waals surface area contributed by atoms with E-state index in [0.29, 0.717) is 0 Å². The second-order valence-electron chi connectivity index (χ2n) is 2.41. The molecule has 0 atom stereocenters. The Morgan fingerprint density at radius 1 is 1.00 bits per heavy atom. The van der Waals surface area contributed by atoms with Crippen LogP contribution in [0.2, 0.25) is 0 Å². The van der Waals surface area contributed by atoms with Gasteiger partial charge in [-0.3, -0.25) is 0 Å². The van der Waals surface area contributed by atoms with Gasteiger partial charge in [0.2, 0.25) is 0 Å². The molecule has 1 rings (SSSR count). The average Bonchev–Trinajstić information content (AvgIpc) is 2.01. The van der Waals surface area contributed by atoms with E-state index < -0.39 is 0 Å². The summed E-state index contributed by atoms with van der Waals surface area (Å²) in [7, 11) is 0. The van der Waals surface area contributed by atoms with Gasteiger partial charge >= 0.3 is 0 Å². The Morgan fingerprint density at radius 3 is 2.90 bits per heavy atom. The number of hydrogen-bond acceptors (Lipinski definition) is 0. The molecule has 0 aromatic rings. The molecule has 0 nitrogen and oxygen atoms in total. The summed E-state index contributed by atoms with van der Waals surface area (Å²) < 4.78 is 0. The van der Waals surface area contributed by atoms with E-state index in [0.717, 1.165) is 6.42 Å². The first-order chi connectivity index (χ1) is 5.00. The molecule has 0 fully saturated rings. The van der Waals surface area contributed by atoms with E-state index in [-0.39, 0.29) is 0 Å². The second kappa shape index (κ2) is 5.04. The molecular formula is C10H13. The molecule has 0 heterocycles. The lowest BCUT2D eigenvalue weighted by Gasteiger charge is -1.90. The van der Waals surface area contributed by atoms with Gasteiger partial charge in [-0.05, 0) is 31.8 Å². The highest BCUT2D eigenvalue weighted by atomic mass is 13.9. The molecule has 1 aliphatic carbocycles. The van der Waals surface area contributed by atoms with Crippen molar-refractivity contribution in [2.75, 3.05) is 0 Å². The van der Waals surface area contributed by atoms with Crippen molar-refractivity contribution in [3.05, 3.63) is 36.5 Å². The van der Waals surface area contributed by atoms with Crippen LogP contribution in [0, 0.1) is 6.08 Å². The van der Waals surface area contributed by atoms with Crippen LogP contribution in [-0.2, 0) is 0 Å². The van der Waals surface area contributed by atoms with Crippen molar-refractivity contribution in [2.45, 2.75) is 25.7 Å². The molecule has 0 spiro atoms. The highest BCUT2D eigenvalue weighted by molar-refractivity contribution is 5.00. The van der Waals surface area contributed by atoms with E-state index in [1.165, 1.54) is 19.3 Å². The monoisotopic (exact) mass is 133 g/mol. The Labute approximate surface area is 62.9 Å². The summed E-state index contributed by atoms with van der Waals surface area (Å²) in [5, 5.41) is 0. The molecule has 0 aromatic heterocycles.